The highest BCUT2D eigenvalue weighted by Gasteiger charge is 2.20. The van der Waals surface area contributed by atoms with Gasteiger partial charge in [-0.1, -0.05) is 6.92 Å². The fraction of sp³-hybridized carbons (Fsp3) is 0.706. The molecule has 118 valence electrons. The maximum Gasteiger partial charge on any atom is 0.138 e. The van der Waals surface area contributed by atoms with Crippen LogP contribution in [0.3, 0.4) is 0 Å². The summed E-state index contributed by atoms with van der Waals surface area (Å²) in [6.45, 7) is 7.26. The quantitative estimate of drug-likeness (QED) is 0.824. The fourth-order valence-electron chi connectivity index (χ4n) is 2.86. The topological polar surface area (TPSA) is 34.2 Å². The molecule has 1 fully saturated rings. The molecule has 1 aliphatic heterocycles. The molecule has 4 heteroatoms. The minimum absolute atomic E-state index is 0.190. The molecule has 0 aliphatic carbocycles. The second-order valence-corrected chi connectivity index (χ2v) is 7.25. The van der Waals surface area contributed by atoms with E-state index >= 15 is 0 Å². The molecule has 0 saturated carbocycles. The van der Waals surface area contributed by atoms with Gasteiger partial charge in [-0.3, -0.25) is 4.98 Å². The molecule has 1 unspecified atom stereocenters. The van der Waals surface area contributed by atoms with Crippen LogP contribution in [0.1, 0.15) is 51.6 Å². The van der Waals surface area contributed by atoms with Gasteiger partial charge in [0.15, 0.2) is 0 Å². The van der Waals surface area contributed by atoms with E-state index in [1.165, 1.54) is 36.3 Å². The van der Waals surface area contributed by atoms with Crippen molar-refractivity contribution in [1.29, 1.82) is 0 Å². The Labute approximate surface area is 133 Å². The monoisotopic (exact) mass is 308 g/mol. The number of thioether (sulfide) groups is 1. The highest BCUT2D eigenvalue weighted by atomic mass is 32.2. The number of aromatic nitrogens is 1. The molecule has 1 atom stereocenters. The Morgan fingerprint density at radius 3 is 2.76 bits per heavy atom. The number of nitrogens with zero attached hydrogens (tertiary/aromatic N) is 1. The number of rotatable bonds is 7. The molecule has 1 aromatic rings. The van der Waals surface area contributed by atoms with Crippen LogP contribution in [0.5, 0.6) is 5.75 Å². The SMILES string of the molecule is CCNC(CC1CCSCC1)c1cncc(OC(C)C)c1. The van der Waals surface area contributed by atoms with Gasteiger partial charge in [-0.2, -0.15) is 11.8 Å². The lowest BCUT2D eigenvalue weighted by atomic mass is 9.91. The van der Waals surface area contributed by atoms with Crippen molar-refractivity contribution in [2.75, 3.05) is 18.1 Å². The van der Waals surface area contributed by atoms with Crippen LogP contribution in [0.2, 0.25) is 0 Å². The number of hydrogen-bond acceptors (Lipinski definition) is 4. The Hall–Kier alpha value is -0.740. The Kier molecular flexibility index (Phi) is 6.84. The van der Waals surface area contributed by atoms with E-state index < -0.39 is 0 Å². The molecule has 0 radical (unpaired) electrons. The predicted molar refractivity (Wildman–Crippen MR) is 91.1 cm³/mol. The normalized spacial score (nSPS) is 17.9. The number of pyridine rings is 1. The van der Waals surface area contributed by atoms with Crippen LogP contribution in [0.15, 0.2) is 18.5 Å². The average molecular weight is 308 g/mol. The van der Waals surface area contributed by atoms with Crippen LogP contribution in [-0.2, 0) is 0 Å². The molecular weight excluding hydrogens is 280 g/mol. The van der Waals surface area contributed by atoms with Gasteiger partial charge in [-0.15, -0.1) is 0 Å². The third-order valence-electron chi connectivity index (χ3n) is 3.87. The van der Waals surface area contributed by atoms with Crippen molar-refractivity contribution in [2.45, 2.75) is 52.2 Å². The zero-order valence-corrected chi connectivity index (χ0v) is 14.3. The summed E-state index contributed by atoms with van der Waals surface area (Å²) in [7, 11) is 0. The van der Waals surface area contributed by atoms with Gasteiger partial charge >= 0.3 is 0 Å². The Morgan fingerprint density at radius 2 is 2.10 bits per heavy atom. The van der Waals surface area contributed by atoms with Gasteiger partial charge in [-0.05, 0) is 68.7 Å². The molecule has 1 aromatic heterocycles. The molecule has 0 spiro atoms. The van der Waals surface area contributed by atoms with Crippen molar-refractivity contribution in [3.05, 3.63) is 24.0 Å². The standard InChI is InChI=1S/C17H28N2OS/c1-4-19-17(9-14-5-7-21-8-6-14)15-10-16(12-18-11-15)20-13(2)3/h10-14,17,19H,4-9H2,1-3H3. The number of hydrogen-bond donors (Lipinski definition) is 1. The van der Waals surface area contributed by atoms with Crippen LogP contribution in [-0.4, -0.2) is 29.1 Å². The summed E-state index contributed by atoms with van der Waals surface area (Å²) >= 11 is 2.09. The van der Waals surface area contributed by atoms with Crippen molar-refractivity contribution in [3.63, 3.8) is 0 Å². The molecule has 2 rings (SSSR count). The molecule has 3 nitrogen and oxygen atoms in total. The van der Waals surface area contributed by atoms with Crippen molar-refractivity contribution in [3.8, 4) is 5.75 Å². The molecule has 0 bridgehead atoms. The van der Waals surface area contributed by atoms with E-state index in [1.54, 1.807) is 0 Å². The molecule has 21 heavy (non-hydrogen) atoms. The molecule has 1 saturated heterocycles. The molecule has 1 aliphatic rings. The van der Waals surface area contributed by atoms with Crippen molar-refractivity contribution >= 4 is 11.8 Å². The lowest BCUT2D eigenvalue weighted by Crippen LogP contribution is -2.25. The van der Waals surface area contributed by atoms with E-state index in [4.69, 9.17) is 4.74 Å². The molecule has 2 heterocycles. The molecule has 1 N–H and O–H groups in total. The van der Waals surface area contributed by atoms with Gasteiger partial charge in [0, 0.05) is 12.2 Å². The van der Waals surface area contributed by atoms with E-state index in [-0.39, 0.29) is 6.10 Å². The first-order chi connectivity index (χ1) is 10.2. The Bertz CT molecular complexity index is 419. The first-order valence-electron chi connectivity index (χ1n) is 8.11. The van der Waals surface area contributed by atoms with E-state index in [2.05, 4.69) is 35.1 Å². The maximum atomic E-state index is 5.78. The van der Waals surface area contributed by atoms with Crippen molar-refractivity contribution in [1.82, 2.24) is 10.3 Å². The van der Waals surface area contributed by atoms with Crippen LogP contribution in [0.4, 0.5) is 0 Å². The summed E-state index contributed by atoms with van der Waals surface area (Å²) in [6.07, 6.45) is 7.89. The summed E-state index contributed by atoms with van der Waals surface area (Å²) in [5.41, 5.74) is 1.26. The molecular formula is C17H28N2OS. The molecule has 0 amide bonds. The van der Waals surface area contributed by atoms with Gasteiger partial charge in [0.25, 0.3) is 0 Å². The third kappa shape index (κ3) is 5.51. The molecule has 0 aromatic carbocycles. The van der Waals surface area contributed by atoms with Crippen LogP contribution in [0, 0.1) is 5.92 Å². The van der Waals surface area contributed by atoms with Gasteiger partial charge in [0.2, 0.25) is 0 Å². The fourth-order valence-corrected chi connectivity index (χ4v) is 4.07. The zero-order chi connectivity index (χ0) is 15.1. The number of nitrogens with one attached hydrogen (secondary N) is 1. The van der Waals surface area contributed by atoms with Crippen molar-refractivity contribution < 1.29 is 4.74 Å². The lowest BCUT2D eigenvalue weighted by Gasteiger charge is -2.27. The summed E-state index contributed by atoms with van der Waals surface area (Å²) < 4.78 is 5.78. The van der Waals surface area contributed by atoms with Crippen LogP contribution in [0.25, 0.3) is 0 Å². The minimum Gasteiger partial charge on any atom is -0.489 e. The average Bonchev–Trinajstić information content (AvgIpc) is 2.47. The van der Waals surface area contributed by atoms with E-state index in [0.717, 1.165) is 18.2 Å². The summed E-state index contributed by atoms with van der Waals surface area (Å²) in [4.78, 5) is 4.36. The summed E-state index contributed by atoms with van der Waals surface area (Å²) in [5.74, 6) is 4.35. The maximum absolute atomic E-state index is 5.78. The van der Waals surface area contributed by atoms with Crippen molar-refractivity contribution in [2.24, 2.45) is 5.92 Å². The van der Waals surface area contributed by atoms with E-state index in [9.17, 15) is 0 Å². The number of ether oxygens (including phenoxy) is 1. The lowest BCUT2D eigenvalue weighted by molar-refractivity contribution is 0.240. The predicted octanol–water partition coefficient (Wildman–Crippen LogP) is 4.05. The first kappa shape index (κ1) is 16.6. The third-order valence-corrected chi connectivity index (χ3v) is 4.92. The highest BCUT2D eigenvalue weighted by Crippen LogP contribution is 2.31. The van der Waals surface area contributed by atoms with E-state index in [1.807, 2.05) is 26.2 Å². The summed E-state index contributed by atoms with van der Waals surface area (Å²) in [6, 6.07) is 2.55. The van der Waals surface area contributed by atoms with Gasteiger partial charge < -0.3 is 10.1 Å². The smallest absolute Gasteiger partial charge is 0.138 e. The summed E-state index contributed by atoms with van der Waals surface area (Å²) in [5, 5.41) is 3.62. The Morgan fingerprint density at radius 1 is 1.33 bits per heavy atom. The second-order valence-electron chi connectivity index (χ2n) is 6.02. The van der Waals surface area contributed by atoms with Gasteiger partial charge in [0.05, 0.1) is 12.3 Å². The van der Waals surface area contributed by atoms with Gasteiger partial charge in [0.1, 0.15) is 5.75 Å². The largest absolute Gasteiger partial charge is 0.489 e. The van der Waals surface area contributed by atoms with Crippen LogP contribution >= 0.6 is 11.8 Å². The van der Waals surface area contributed by atoms with E-state index in [0.29, 0.717) is 6.04 Å². The highest BCUT2D eigenvalue weighted by molar-refractivity contribution is 7.99. The first-order valence-corrected chi connectivity index (χ1v) is 9.27. The minimum atomic E-state index is 0.190. The second kappa shape index (κ2) is 8.64. The zero-order valence-electron chi connectivity index (χ0n) is 13.5. The Balaban J connectivity index is 2.05. The van der Waals surface area contributed by atoms with Gasteiger partial charge in [-0.25, -0.2) is 0 Å². The van der Waals surface area contributed by atoms with Crippen LogP contribution < -0.4 is 10.1 Å².